The van der Waals surface area contributed by atoms with Gasteiger partial charge in [0.15, 0.2) is 5.13 Å². The minimum atomic E-state index is -0.897. The van der Waals surface area contributed by atoms with Gasteiger partial charge in [-0.15, -0.1) is 0 Å². The number of aromatic carboxylic acids is 1. The molecule has 2 aromatic heterocycles. The van der Waals surface area contributed by atoms with Gasteiger partial charge in [0.25, 0.3) is 0 Å². The van der Waals surface area contributed by atoms with Gasteiger partial charge in [-0.05, 0) is 49.4 Å². The summed E-state index contributed by atoms with van der Waals surface area (Å²) in [6, 6.07) is 5.13. The molecule has 0 spiro atoms. The van der Waals surface area contributed by atoms with Crippen LogP contribution in [0.1, 0.15) is 28.8 Å². The molecule has 1 saturated heterocycles. The van der Waals surface area contributed by atoms with E-state index in [2.05, 4.69) is 28.1 Å². The second kappa shape index (κ2) is 6.48. The summed E-state index contributed by atoms with van der Waals surface area (Å²) in [4.78, 5) is 18.1. The van der Waals surface area contributed by atoms with Crippen molar-refractivity contribution in [2.24, 2.45) is 5.92 Å². The molecule has 1 fully saturated rings. The number of nitrogens with zero attached hydrogens (tertiary/aromatic N) is 4. The molecule has 1 aliphatic rings. The number of piperidine rings is 1. The molecule has 0 unspecified atom stereocenters. The van der Waals surface area contributed by atoms with Gasteiger partial charge < -0.3 is 10.0 Å². The second-order valence-corrected chi connectivity index (χ2v) is 7.66. The quantitative estimate of drug-likeness (QED) is 0.775. The number of benzene rings is 1. The minimum Gasteiger partial charge on any atom is -0.478 e. The third-order valence-corrected chi connectivity index (χ3v) is 5.80. The number of carboxylic acid groups (broad SMARTS) is 1. The molecule has 0 bridgehead atoms. The zero-order valence-corrected chi connectivity index (χ0v) is 14.9. The molecular formula is C18H20N4O2S. The molecule has 7 heteroatoms. The SMILES string of the molecule is Cc1cnn(CC2CCN(c3nc4ccc(C(=O)O)cc4s3)CC2)c1. The average molecular weight is 356 g/mol. The molecule has 0 atom stereocenters. The van der Waals surface area contributed by atoms with E-state index < -0.39 is 5.97 Å². The van der Waals surface area contributed by atoms with Crippen molar-refractivity contribution in [1.82, 2.24) is 14.8 Å². The summed E-state index contributed by atoms with van der Waals surface area (Å²) in [5.74, 6) is -0.255. The molecule has 0 amide bonds. The number of hydrogen-bond donors (Lipinski definition) is 1. The van der Waals surface area contributed by atoms with E-state index in [0.717, 1.165) is 47.8 Å². The van der Waals surface area contributed by atoms with Gasteiger partial charge in [-0.3, -0.25) is 4.68 Å². The number of carbonyl (C=O) groups is 1. The standard InChI is InChI=1S/C18H20N4O2S/c1-12-9-19-22(10-12)11-13-4-6-21(7-5-13)18-20-15-3-2-14(17(23)24)8-16(15)25-18/h2-3,8-10,13H,4-7,11H2,1H3,(H,23,24). The molecule has 3 aromatic rings. The van der Waals surface area contributed by atoms with Gasteiger partial charge in [0.1, 0.15) is 0 Å². The highest BCUT2D eigenvalue weighted by molar-refractivity contribution is 7.22. The summed E-state index contributed by atoms with van der Waals surface area (Å²) in [6.45, 7) is 5.01. The van der Waals surface area contributed by atoms with Gasteiger partial charge in [0, 0.05) is 25.8 Å². The maximum absolute atomic E-state index is 11.1. The Bertz CT molecular complexity index is 909. The van der Waals surface area contributed by atoms with Gasteiger partial charge in [-0.25, -0.2) is 9.78 Å². The molecule has 1 aromatic carbocycles. The number of aryl methyl sites for hydroxylation is 1. The molecular weight excluding hydrogens is 336 g/mol. The van der Waals surface area contributed by atoms with Crippen molar-refractivity contribution < 1.29 is 9.90 Å². The number of fused-ring (bicyclic) bond motifs is 1. The van der Waals surface area contributed by atoms with Crippen molar-refractivity contribution in [3.8, 4) is 0 Å². The maximum atomic E-state index is 11.1. The Balaban J connectivity index is 1.43. The third-order valence-electron chi connectivity index (χ3n) is 4.72. The summed E-state index contributed by atoms with van der Waals surface area (Å²) < 4.78 is 2.98. The van der Waals surface area contributed by atoms with Gasteiger partial charge in [0.05, 0.1) is 22.0 Å². The number of aromatic nitrogens is 3. The van der Waals surface area contributed by atoms with Crippen LogP contribution in [0.2, 0.25) is 0 Å². The molecule has 0 saturated carbocycles. The van der Waals surface area contributed by atoms with Crippen molar-refractivity contribution in [2.75, 3.05) is 18.0 Å². The summed E-state index contributed by atoms with van der Waals surface area (Å²) >= 11 is 1.58. The highest BCUT2D eigenvalue weighted by Gasteiger charge is 2.22. The van der Waals surface area contributed by atoms with Crippen LogP contribution in [0.5, 0.6) is 0 Å². The fourth-order valence-electron chi connectivity index (χ4n) is 3.32. The lowest BCUT2D eigenvalue weighted by molar-refractivity contribution is 0.0697. The Kier molecular flexibility index (Phi) is 4.17. The van der Waals surface area contributed by atoms with Crippen LogP contribution in [0.25, 0.3) is 10.2 Å². The van der Waals surface area contributed by atoms with Crippen molar-refractivity contribution in [3.05, 3.63) is 41.7 Å². The van der Waals surface area contributed by atoms with Crippen molar-refractivity contribution in [3.63, 3.8) is 0 Å². The predicted octanol–water partition coefficient (Wildman–Crippen LogP) is 3.42. The van der Waals surface area contributed by atoms with E-state index in [9.17, 15) is 4.79 Å². The fourth-order valence-corrected chi connectivity index (χ4v) is 4.38. The Morgan fingerprint density at radius 3 is 2.84 bits per heavy atom. The molecule has 25 heavy (non-hydrogen) atoms. The topological polar surface area (TPSA) is 71.2 Å². The van der Waals surface area contributed by atoms with Gasteiger partial charge in [0.2, 0.25) is 0 Å². The smallest absolute Gasteiger partial charge is 0.335 e. The maximum Gasteiger partial charge on any atom is 0.335 e. The van der Waals surface area contributed by atoms with Crippen molar-refractivity contribution in [2.45, 2.75) is 26.3 Å². The van der Waals surface area contributed by atoms with E-state index in [1.165, 1.54) is 5.56 Å². The first kappa shape index (κ1) is 16.1. The Morgan fingerprint density at radius 2 is 2.16 bits per heavy atom. The summed E-state index contributed by atoms with van der Waals surface area (Å²) in [7, 11) is 0. The predicted molar refractivity (Wildman–Crippen MR) is 98.5 cm³/mol. The van der Waals surface area contributed by atoms with E-state index in [1.807, 2.05) is 10.9 Å². The number of thiazole rings is 1. The molecule has 4 rings (SSSR count). The summed E-state index contributed by atoms with van der Waals surface area (Å²) in [5.41, 5.74) is 2.39. The van der Waals surface area contributed by atoms with E-state index in [4.69, 9.17) is 5.11 Å². The van der Waals surface area contributed by atoms with E-state index >= 15 is 0 Å². The van der Waals surface area contributed by atoms with Crippen LogP contribution in [0.3, 0.4) is 0 Å². The van der Waals surface area contributed by atoms with Crippen LogP contribution < -0.4 is 4.90 Å². The lowest BCUT2D eigenvalue weighted by atomic mass is 9.97. The van der Waals surface area contributed by atoms with Crippen LogP contribution in [-0.2, 0) is 6.54 Å². The monoisotopic (exact) mass is 356 g/mol. The number of hydrogen-bond acceptors (Lipinski definition) is 5. The lowest BCUT2D eigenvalue weighted by Crippen LogP contribution is -2.35. The molecule has 3 heterocycles. The normalized spacial score (nSPS) is 15.8. The molecule has 1 aliphatic heterocycles. The first-order chi connectivity index (χ1) is 12.1. The molecule has 0 aliphatic carbocycles. The van der Waals surface area contributed by atoms with E-state index in [0.29, 0.717) is 11.5 Å². The van der Waals surface area contributed by atoms with Crippen LogP contribution in [0.15, 0.2) is 30.6 Å². The highest BCUT2D eigenvalue weighted by Crippen LogP contribution is 2.32. The van der Waals surface area contributed by atoms with Crippen LogP contribution in [-0.4, -0.2) is 38.9 Å². The largest absolute Gasteiger partial charge is 0.478 e. The molecule has 6 nitrogen and oxygen atoms in total. The first-order valence-corrected chi connectivity index (χ1v) is 9.28. The Hall–Kier alpha value is -2.41. The minimum absolute atomic E-state index is 0.316. The Labute approximate surface area is 149 Å². The van der Waals surface area contributed by atoms with Crippen LogP contribution >= 0.6 is 11.3 Å². The second-order valence-electron chi connectivity index (χ2n) is 6.65. The van der Waals surface area contributed by atoms with Gasteiger partial charge >= 0.3 is 5.97 Å². The van der Waals surface area contributed by atoms with Crippen molar-refractivity contribution in [1.29, 1.82) is 0 Å². The summed E-state index contributed by atoms with van der Waals surface area (Å²) in [5, 5.41) is 14.5. The molecule has 130 valence electrons. The van der Waals surface area contributed by atoms with Crippen LogP contribution in [0, 0.1) is 12.8 Å². The van der Waals surface area contributed by atoms with Gasteiger partial charge in [-0.2, -0.15) is 5.10 Å². The number of carboxylic acids is 1. The first-order valence-electron chi connectivity index (χ1n) is 8.46. The fraction of sp³-hybridized carbons (Fsp3) is 0.389. The molecule has 0 radical (unpaired) electrons. The Morgan fingerprint density at radius 1 is 1.36 bits per heavy atom. The van der Waals surface area contributed by atoms with E-state index in [1.54, 1.807) is 29.5 Å². The third kappa shape index (κ3) is 3.37. The summed E-state index contributed by atoms with van der Waals surface area (Å²) in [6.07, 6.45) is 6.24. The lowest BCUT2D eigenvalue weighted by Gasteiger charge is -2.31. The molecule has 1 N–H and O–H groups in total. The number of anilines is 1. The van der Waals surface area contributed by atoms with Crippen LogP contribution in [0.4, 0.5) is 5.13 Å². The highest BCUT2D eigenvalue weighted by atomic mass is 32.1. The zero-order valence-electron chi connectivity index (χ0n) is 14.1. The average Bonchev–Trinajstić information content (AvgIpc) is 3.20. The van der Waals surface area contributed by atoms with Crippen molar-refractivity contribution >= 4 is 32.7 Å². The number of rotatable bonds is 4. The van der Waals surface area contributed by atoms with Gasteiger partial charge in [-0.1, -0.05) is 11.3 Å². The zero-order chi connectivity index (χ0) is 17.4. The van der Waals surface area contributed by atoms with E-state index in [-0.39, 0.29) is 0 Å².